The molecule has 1 aliphatic rings. The molecule has 21 heavy (non-hydrogen) atoms. The minimum atomic E-state index is 0.117. The highest BCUT2D eigenvalue weighted by Gasteiger charge is 2.36. The Morgan fingerprint density at radius 3 is 2.38 bits per heavy atom. The van der Waals surface area contributed by atoms with Gasteiger partial charge in [0.15, 0.2) is 0 Å². The van der Waals surface area contributed by atoms with Gasteiger partial charge >= 0.3 is 0 Å². The fourth-order valence-electron chi connectivity index (χ4n) is 3.65. The van der Waals surface area contributed by atoms with Gasteiger partial charge < -0.3 is 10.1 Å². The first kappa shape index (κ1) is 19.0. The Morgan fingerprint density at radius 2 is 1.81 bits per heavy atom. The lowest BCUT2D eigenvalue weighted by Crippen LogP contribution is -2.47. The Bertz CT molecular complexity index is 246. The van der Waals surface area contributed by atoms with Crippen LogP contribution in [0.25, 0.3) is 0 Å². The van der Waals surface area contributed by atoms with Crippen molar-refractivity contribution in [2.75, 3.05) is 13.1 Å². The summed E-state index contributed by atoms with van der Waals surface area (Å²) in [4.78, 5) is 0. The summed E-state index contributed by atoms with van der Waals surface area (Å²) in [5.41, 5.74) is 0.117. The molecule has 0 bridgehead atoms. The average Bonchev–Trinajstić information content (AvgIpc) is 2.50. The van der Waals surface area contributed by atoms with Gasteiger partial charge in [-0.15, -0.1) is 0 Å². The first-order valence-electron chi connectivity index (χ1n) is 9.54. The molecule has 126 valence electrons. The summed E-state index contributed by atoms with van der Waals surface area (Å²) in [6, 6.07) is 0. The third kappa shape index (κ3) is 7.15. The van der Waals surface area contributed by atoms with Crippen molar-refractivity contribution in [1.29, 1.82) is 0 Å². The van der Waals surface area contributed by atoms with Crippen LogP contribution in [0.1, 0.15) is 91.9 Å². The maximum absolute atomic E-state index is 6.59. The Balaban J connectivity index is 2.42. The van der Waals surface area contributed by atoms with E-state index in [1.165, 1.54) is 64.2 Å². The number of nitrogens with one attached hydrogen (secondary N) is 1. The summed E-state index contributed by atoms with van der Waals surface area (Å²) < 4.78 is 6.59. The lowest BCUT2D eigenvalue weighted by Gasteiger charge is -2.42. The van der Waals surface area contributed by atoms with Gasteiger partial charge in [-0.1, -0.05) is 52.9 Å². The van der Waals surface area contributed by atoms with Gasteiger partial charge in [-0.3, -0.25) is 0 Å². The van der Waals surface area contributed by atoms with Crippen LogP contribution in [-0.4, -0.2) is 24.8 Å². The second-order valence-corrected chi connectivity index (χ2v) is 7.09. The van der Waals surface area contributed by atoms with Gasteiger partial charge in [0.2, 0.25) is 0 Å². The lowest BCUT2D eigenvalue weighted by molar-refractivity contribution is -0.114. The predicted octanol–water partition coefficient (Wildman–Crippen LogP) is 5.31. The monoisotopic (exact) mass is 297 g/mol. The highest BCUT2D eigenvalue weighted by atomic mass is 16.5. The van der Waals surface area contributed by atoms with E-state index in [2.05, 4.69) is 33.0 Å². The van der Waals surface area contributed by atoms with Crippen LogP contribution in [0.4, 0.5) is 0 Å². The van der Waals surface area contributed by atoms with E-state index in [0.29, 0.717) is 6.10 Å². The Hall–Kier alpha value is -0.0800. The van der Waals surface area contributed by atoms with Crippen molar-refractivity contribution in [1.82, 2.24) is 5.32 Å². The first-order chi connectivity index (χ1) is 10.2. The molecule has 1 fully saturated rings. The molecule has 1 atom stereocenters. The molecule has 0 aromatic heterocycles. The van der Waals surface area contributed by atoms with E-state index in [9.17, 15) is 0 Å². The number of hydrogen-bond donors (Lipinski definition) is 1. The van der Waals surface area contributed by atoms with Crippen LogP contribution in [0, 0.1) is 5.92 Å². The smallest absolute Gasteiger partial charge is 0.0810 e. The summed E-state index contributed by atoms with van der Waals surface area (Å²) >= 11 is 0. The third-order valence-corrected chi connectivity index (χ3v) is 5.21. The molecule has 1 saturated carbocycles. The van der Waals surface area contributed by atoms with Crippen LogP contribution >= 0.6 is 0 Å². The van der Waals surface area contributed by atoms with Crippen molar-refractivity contribution in [2.45, 2.75) is 104 Å². The average molecular weight is 298 g/mol. The molecule has 0 saturated heterocycles. The second-order valence-electron chi connectivity index (χ2n) is 7.09. The summed E-state index contributed by atoms with van der Waals surface area (Å²) in [7, 11) is 0. The number of likely N-dealkylation sites (N-methyl/N-ethyl adjacent to an activating group) is 1. The van der Waals surface area contributed by atoms with E-state index in [-0.39, 0.29) is 5.60 Å². The van der Waals surface area contributed by atoms with Crippen LogP contribution in [0.2, 0.25) is 0 Å². The Kier molecular flexibility index (Phi) is 9.59. The first-order valence-corrected chi connectivity index (χ1v) is 9.54. The summed E-state index contributed by atoms with van der Waals surface area (Å²) in [5, 5.41) is 3.55. The van der Waals surface area contributed by atoms with Crippen LogP contribution in [0.3, 0.4) is 0 Å². The normalized spacial score (nSPS) is 27.7. The molecule has 2 nitrogen and oxygen atoms in total. The van der Waals surface area contributed by atoms with Gasteiger partial charge in [-0.25, -0.2) is 0 Å². The van der Waals surface area contributed by atoms with Crippen LogP contribution in [0.15, 0.2) is 0 Å². The fraction of sp³-hybridized carbons (Fsp3) is 1.00. The molecule has 0 aliphatic heterocycles. The molecule has 0 aromatic rings. The minimum Gasteiger partial charge on any atom is -0.371 e. The second kappa shape index (κ2) is 10.6. The van der Waals surface area contributed by atoms with Gasteiger partial charge in [0.05, 0.1) is 11.7 Å². The lowest BCUT2D eigenvalue weighted by atomic mass is 9.77. The van der Waals surface area contributed by atoms with Gasteiger partial charge in [0.1, 0.15) is 0 Å². The standard InChI is InChI=1S/C19H39NO/c1-5-8-9-10-11-17(4)21-19(16-20-7-3)14-12-18(6-2)13-15-19/h17-18,20H,5-16H2,1-4H3. The van der Waals surface area contributed by atoms with Gasteiger partial charge in [-0.2, -0.15) is 0 Å². The van der Waals surface area contributed by atoms with E-state index in [1.54, 1.807) is 0 Å². The summed E-state index contributed by atoms with van der Waals surface area (Å²) in [5.74, 6) is 0.934. The number of hydrogen-bond acceptors (Lipinski definition) is 2. The van der Waals surface area contributed by atoms with Crippen molar-refractivity contribution < 1.29 is 4.74 Å². The highest BCUT2D eigenvalue weighted by molar-refractivity contribution is 4.89. The third-order valence-electron chi connectivity index (χ3n) is 5.21. The SMILES string of the molecule is CCCCCCC(C)OC1(CNCC)CCC(CC)CC1. The molecule has 0 amide bonds. The molecular weight excluding hydrogens is 258 g/mol. The van der Waals surface area contributed by atoms with Crippen LogP contribution < -0.4 is 5.32 Å². The van der Waals surface area contributed by atoms with Gasteiger partial charge in [0.25, 0.3) is 0 Å². The quantitative estimate of drug-likeness (QED) is 0.522. The van der Waals surface area contributed by atoms with E-state index in [1.807, 2.05) is 0 Å². The molecule has 1 aliphatic carbocycles. The number of rotatable bonds is 11. The zero-order valence-corrected chi connectivity index (χ0v) is 15.0. The maximum Gasteiger partial charge on any atom is 0.0810 e. The largest absolute Gasteiger partial charge is 0.371 e. The molecular formula is C19H39NO. The topological polar surface area (TPSA) is 21.3 Å². The van der Waals surface area contributed by atoms with Crippen molar-refractivity contribution >= 4 is 0 Å². The predicted molar refractivity (Wildman–Crippen MR) is 92.8 cm³/mol. The highest BCUT2D eigenvalue weighted by Crippen LogP contribution is 2.37. The van der Waals surface area contributed by atoms with Crippen LogP contribution in [0.5, 0.6) is 0 Å². The van der Waals surface area contributed by atoms with Crippen molar-refractivity contribution in [3.8, 4) is 0 Å². The van der Waals surface area contributed by atoms with E-state index < -0.39 is 0 Å². The maximum atomic E-state index is 6.59. The Morgan fingerprint density at radius 1 is 1.10 bits per heavy atom. The Labute approximate surface area is 133 Å². The van der Waals surface area contributed by atoms with Crippen LogP contribution in [-0.2, 0) is 4.74 Å². The molecule has 2 heteroatoms. The molecule has 1 rings (SSSR count). The van der Waals surface area contributed by atoms with Crippen molar-refractivity contribution in [2.24, 2.45) is 5.92 Å². The number of unbranched alkanes of at least 4 members (excludes halogenated alkanes) is 3. The fourth-order valence-corrected chi connectivity index (χ4v) is 3.65. The van der Waals surface area contributed by atoms with Crippen molar-refractivity contribution in [3.05, 3.63) is 0 Å². The molecule has 0 radical (unpaired) electrons. The zero-order chi connectivity index (χ0) is 15.6. The molecule has 0 heterocycles. The van der Waals surface area contributed by atoms with E-state index in [4.69, 9.17) is 4.74 Å². The zero-order valence-electron chi connectivity index (χ0n) is 15.0. The van der Waals surface area contributed by atoms with Gasteiger partial charge in [0, 0.05) is 6.54 Å². The minimum absolute atomic E-state index is 0.117. The van der Waals surface area contributed by atoms with E-state index >= 15 is 0 Å². The van der Waals surface area contributed by atoms with E-state index in [0.717, 1.165) is 19.0 Å². The number of ether oxygens (including phenoxy) is 1. The van der Waals surface area contributed by atoms with Crippen molar-refractivity contribution in [3.63, 3.8) is 0 Å². The molecule has 0 spiro atoms. The molecule has 0 aromatic carbocycles. The molecule has 1 N–H and O–H groups in total. The summed E-state index contributed by atoms with van der Waals surface area (Å²) in [6.07, 6.45) is 13.6. The molecule has 1 unspecified atom stereocenters. The summed E-state index contributed by atoms with van der Waals surface area (Å²) in [6.45, 7) is 11.2. The van der Waals surface area contributed by atoms with Gasteiger partial charge in [-0.05, 0) is 51.5 Å².